The highest BCUT2D eigenvalue weighted by Gasteiger charge is 2.64. The number of methoxy groups -OCH3 is 1. The summed E-state index contributed by atoms with van der Waals surface area (Å²) in [5.74, 6) is -1.74. The maximum atomic E-state index is 13.7. The molecule has 1 N–H and O–H groups in total. The fraction of sp³-hybridized carbons (Fsp3) is 0.481. The van der Waals surface area contributed by atoms with Gasteiger partial charge in [-0.2, -0.15) is 0 Å². The molecule has 8 heteroatoms. The first-order chi connectivity index (χ1) is 16.7. The second kappa shape index (κ2) is 8.53. The lowest BCUT2D eigenvalue weighted by atomic mass is 9.93. The Morgan fingerprint density at radius 2 is 1.97 bits per heavy atom. The Hall–Kier alpha value is -3.10. The third-order valence-electron chi connectivity index (χ3n) is 7.18. The molecule has 0 saturated carbocycles. The minimum atomic E-state index is -2.00. The quantitative estimate of drug-likeness (QED) is 0.666. The molecule has 8 nitrogen and oxygen atoms in total. The number of fused-ring (bicyclic) bond motifs is 3. The number of carbonyl (C=O) groups is 2. The van der Waals surface area contributed by atoms with Crippen molar-refractivity contribution in [1.82, 2.24) is 14.4 Å². The zero-order valence-electron chi connectivity index (χ0n) is 20.9. The van der Waals surface area contributed by atoms with Gasteiger partial charge in [0.1, 0.15) is 11.8 Å². The molecule has 3 fully saturated rings. The minimum Gasteiger partial charge on any atom is -0.497 e. The van der Waals surface area contributed by atoms with Gasteiger partial charge in [-0.3, -0.25) is 14.5 Å². The summed E-state index contributed by atoms with van der Waals surface area (Å²) >= 11 is 0. The van der Waals surface area contributed by atoms with E-state index in [1.165, 1.54) is 4.90 Å². The van der Waals surface area contributed by atoms with Crippen LogP contribution < -0.4 is 4.74 Å². The Balaban J connectivity index is 1.70. The van der Waals surface area contributed by atoms with Gasteiger partial charge < -0.3 is 24.0 Å². The lowest BCUT2D eigenvalue weighted by Gasteiger charge is -2.41. The van der Waals surface area contributed by atoms with Crippen molar-refractivity contribution >= 4 is 22.7 Å². The molecule has 0 aliphatic carbocycles. The average Bonchev–Trinajstić information content (AvgIpc) is 3.50. The number of aliphatic hydroxyl groups is 1. The highest BCUT2D eigenvalue weighted by Crippen LogP contribution is 2.47. The monoisotopic (exact) mass is 479 g/mol. The van der Waals surface area contributed by atoms with Crippen molar-refractivity contribution in [1.29, 1.82) is 0 Å². The summed E-state index contributed by atoms with van der Waals surface area (Å²) in [6.07, 6.45) is 6.30. The van der Waals surface area contributed by atoms with E-state index in [-0.39, 0.29) is 11.8 Å². The zero-order valence-corrected chi connectivity index (χ0v) is 20.9. The molecule has 0 unspecified atom stereocenters. The van der Waals surface area contributed by atoms with Gasteiger partial charge in [0.2, 0.25) is 11.7 Å². The van der Waals surface area contributed by atoms with Gasteiger partial charge in [0, 0.05) is 36.3 Å². The Labute approximate surface area is 205 Å². The van der Waals surface area contributed by atoms with Crippen LogP contribution in [0.3, 0.4) is 0 Å². The highest BCUT2D eigenvalue weighted by atomic mass is 16.7. The summed E-state index contributed by atoms with van der Waals surface area (Å²) in [6, 6.07) is 3.96. The van der Waals surface area contributed by atoms with E-state index in [4.69, 9.17) is 9.47 Å². The fourth-order valence-corrected chi connectivity index (χ4v) is 5.52. The molecule has 0 bridgehead atoms. The van der Waals surface area contributed by atoms with E-state index in [9.17, 15) is 14.7 Å². The molecule has 3 saturated heterocycles. The molecule has 0 spiro atoms. The third kappa shape index (κ3) is 3.67. The number of nitrogens with zero attached hydrogens (tertiary/aromatic N) is 3. The number of amides is 2. The van der Waals surface area contributed by atoms with E-state index in [2.05, 4.69) is 6.08 Å². The normalized spacial score (nSPS) is 27.8. The van der Waals surface area contributed by atoms with E-state index in [0.717, 1.165) is 28.5 Å². The number of carbonyl (C=O) groups excluding carboxylic acids is 2. The average molecular weight is 480 g/mol. The molecule has 4 heterocycles. The van der Waals surface area contributed by atoms with Crippen LogP contribution >= 0.6 is 0 Å². The molecule has 2 amide bonds. The van der Waals surface area contributed by atoms with Gasteiger partial charge >= 0.3 is 0 Å². The largest absolute Gasteiger partial charge is 0.497 e. The smallest absolute Gasteiger partial charge is 0.252 e. The van der Waals surface area contributed by atoms with Crippen LogP contribution in [0.5, 0.6) is 5.75 Å². The number of aromatic nitrogens is 1. The molecular formula is C27H33N3O5. The van der Waals surface area contributed by atoms with Gasteiger partial charge in [-0.1, -0.05) is 17.2 Å². The van der Waals surface area contributed by atoms with Crippen LogP contribution in [0.25, 0.3) is 10.9 Å². The van der Waals surface area contributed by atoms with Gasteiger partial charge in [-0.15, -0.1) is 0 Å². The molecule has 3 aliphatic heterocycles. The lowest BCUT2D eigenvalue weighted by Crippen LogP contribution is -2.65. The second-order valence-corrected chi connectivity index (χ2v) is 10.1. The summed E-state index contributed by atoms with van der Waals surface area (Å²) in [5.41, 5.74) is 3.41. The zero-order chi connectivity index (χ0) is 25.1. The SMILES string of the molecule is COc1ccc2c([C@@]3(O)O[C@H](C=C(C)C)N4C(=O)[C@@H]5CCCN5C(=O)[C@@H]43)cn(CC=C(C)C)c2c1. The first kappa shape index (κ1) is 23.6. The molecular weight excluding hydrogens is 446 g/mol. The molecule has 0 radical (unpaired) electrons. The minimum absolute atomic E-state index is 0.166. The summed E-state index contributed by atoms with van der Waals surface area (Å²) in [4.78, 5) is 30.4. The number of benzene rings is 1. The van der Waals surface area contributed by atoms with Crippen molar-refractivity contribution < 1.29 is 24.2 Å². The third-order valence-corrected chi connectivity index (χ3v) is 7.18. The van der Waals surface area contributed by atoms with Crippen LogP contribution in [0, 0.1) is 0 Å². The maximum absolute atomic E-state index is 13.7. The maximum Gasteiger partial charge on any atom is 0.252 e. The van der Waals surface area contributed by atoms with Crippen molar-refractivity contribution in [2.75, 3.05) is 13.7 Å². The van der Waals surface area contributed by atoms with Crippen LogP contribution in [0.2, 0.25) is 0 Å². The van der Waals surface area contributed by atoms with E-state index >= 15 is 0 Å². The summed E-state index contributed by atoms with van der Waals surface area (Å²) in [5, 5.41) is 13.0. The van der Waals surface area contributed by atoms with Crippen molar-refractivity contribution in [2.45, 2.75) is 71.2 Å². The number of allylic oxidation sites excluding steroid dienone is 3. The predicted octanol–water partition coefficient (Wildman–Crippen LogP) is 3.29. The topological polar surface area (TPSA) is 84.2 Å². The standard InChI is InChI=1S/C27H33N3O5/c1-16(2)10-12-28-15-20(19-9-8-18(34-5)14-22(19)28)27(33)24-26(32)29-11-6-7-21(29)25(31)30(24)23(35-27)13-17(3)4/h8-10,13-15,21,23-24,33H,6-7,11-12H2,1-5H3/t21-,23+,24+,27+/m0/s1. The number of ether oxygens (including phenoxy) is 2. The Morgan fingerprint density at radius 1 is 1.20 bits per heavy atom. The van der Waals surface area contributed by atoms with Gasteiger partial charge in [0.25, 0.3) is 5.91 Å². The van der Waals surface area contributed by atoms with Crippen LogP contribution in [-0.2, 0) is 26.7 Å². The predicted molar refractivity (Wildman–Crippen MR) is 131 cm³/mol. The number of rotatable bonds is 5. The van der Waals surface area contributed by atoms with Gasteiger partial charge in [0.15, 0.2) is 12.3 Å². The Bertz CT molecular complexity index is 1250. The molecule has 35 heavy (non-hydrogen) atoms. The lowest BCUT2D eigenvalue weighted by molar-refractivity contribution is -0.203. The molecule has 2 aromatic rings. The summed E-state index contributed by atoms with van der Waals surface area (Å²) in [6.45, 7) is 8.97. The first-order valence-corrected chi connectivity index (χ1v) is 12.1. The van der Waals surface area contributed by atoms with Crippen LogP contribution in [0.4, 0.5) is 0 Å². The van der Waals surface area contributed by atoms with Crippen LogP contribution in [0.1, 0.15) is 46.1 Å². The van der Waals surface area contributed by atoms with Gasteiger partial charge in [0.05, 0.1) is 12.6 Å². The molecule has 5 rings (SSSR count). The molecule has 1 aromatic heterocycles. The van der Waals surface area contributed by atoms with Crippen LogP contribution in [0.15, 0.2) is 47.7 Å². The highest BCUT2D eigenvalue weighted by molar-refractivity contribution is 5.99. The molecule has 3 aliphatic rings. The molecule has 186 valence electrons. The van der Waals surface area contributed by atoms with Crippen molar-refractivity contribution in [3.05, 3.63) is 53.3 Å². The van der Waals surface area contributed by atoms with Crippen molar-refractivity contribution in [2.24, 2.45) is 0 Å². The van der Waals surface area contributed by atoms with Crippen molar-refractivity contribution in [3.63, 3.8) is 0 Å². The first-order valence-electron chi connectivity index (χ1n) is 12.1. The second-order valence-electron chi connectivity index (χ2n) is 10.1. The number of hydrogen-bond acceptors (Lipinski definition) is 5. The fourth-order valence-electron chi connectivity index (χ4n) is 5.52. The van der Waals surface area contributed by atoms with E-state index < -0.39 is 24.1 Å². The van der Waals surface area contributed by atoms with Crippen LogP contribution in [-0.4, -0.2) is 63.3 Å². The Kier molecular flexibility index (Phi) is 5.76. The number of piperazine rings is 1. The van der Waals surface area contributed by atoms with Crippen molar-refractivity contribution in [3.8, 4) is 5.75 Å². The van der Waals surface area contributed by atoms with E-state index in [1.807, 2.05) is 56.7 Å². The summed E-state index contributed by atoms with van der Waals surface area (Å²) < 4.78 is 13.7. The van der Waals surface area contributed by atoms with Gasteiger partial charge in [-0.05, 0) is 58.7 Å². The van der Waals surface area contributed by atoms with Gasteiger partial charge in [-0.25, -0.2) is 0 Å². The molecule has 1 aromatic carbocycles. The van der Waals surface area contributed by atoms with E-state index in [0.29, 0.717) is 30.8 Å². The molecule has 4 atom stereocenters. The number of hydrogen-bond donors (Lipinski definition) is 1. The summed E-state index contributed by atoms with van der Waals surface area (Å²) in [7, 11) is 1.61. The Morgan fingerprint density at radius 3 is 2.66 bits per heavy atom. The van der Waals surface area contributed by atoms with E-state index in [1.54, 1.807) is 18.1 Å².